The van der Waals surface area contributed by atoms with Gasteiger partial charge in [-0.3, -0.25) is 9.59 Å². The van der Waals surface area contributed by atoms with E-state index in [1.54, 1.807) is 0 Å². The predicted molar refractivity (Wildman–Crippen MR) is 128 cm³/mol. The number of carbonyl (C=O) groups excluding carboxylic acids is 3. The van der Waals surface area contributed by atoms with E-state index >= 15 is 0 Å². The van der Waals surface area contributed by atoms with Gasteiger partial charge >= 0.3 is 18.0 Å². The number of carboxylic acid groups (broad SMARTS) is 1. The maximum absolute atomic E-state index is 12.4. The molecule has 0 fully saturated rings. The number of aliphatic carboxylic acids is 1. The molecule has 2 aromatic carbocycles. The van der Waals surface area contributed by atoms with Crippen LogP contribution < -0.4 is 10.6 Å². The average molecular weight is 483 g/mol. The summed E-state index contributed by atoms with van der Waals surface area (Å²) in [5, 5.41) is 14.2. The van der Waals surface area contributed by atoms with Crippen molar-refractivity contribution >= 4 is 23.9 Å². The van der Waals surface area contributed by atoms with Crippen molar-refractivity contribution in [1.29, 1.82) is 0 Å². The van der Waals surface area contributed by atoms with Crippen LogP contribution in [0.15, 0.2) is 48.5 Å². The van der Waals surface area contributed by atoms with Crippen LogP contribution in [-0.4, -0.2) is 55.3 Å². The van der Waals surface area contributed by atoms with Crippen molar-refractivity contribution in [2.45, 2.75) is 38.1 Å². The molecule has 0 saturated heterocycles. The number of fused-ring (bicyclic) bond motifs is 3. The summed E-state index contributed by atoms with van der Waals surface area (Å²) in [7, 11) is 1.14. The van der Waals surface area contributed by atoms with Crippen molar-refractivity contribution < 1.29 is 33.8 Å². The van der Waals surface area contributed by atoms with Gasteiger partial charge < -0.3 is 25.2 Å². The molecule has 2 aromatic rings. The van der Waals surface area contributed by atoms with Crippen LogP contribution in [0.1, 0.15) is 43.2 Å². The largest absolute Gasteiger partial charge is 0.480 e. The van der Waals surface area contributed by atoms with Gasteiger partial charge in [-0.1, -0.05) is 61.9 Å². The second-order valence-corrected chi connectivity index (χ2v) is 8.42. The van der Waals surface area contributed by atoms with E-state index in [0.29, 0.717) is 6.42 Å². The monoisotopic (exact) mass is 482 g/mol. The van der Waals surface area contributed by atoms with E-state index < -0.39 is 36.4 Å². The summed E-state index contributed by atoms with van der Waals surface area (Å²) < 4.78 is 9.98. The fourth-order valence-electron chi connectivity index (χ4n) is 4.20. The predicted octanol–water partition coefficient (Wildman–Crippen LogP) is 3.07. The number of hydrogen-bond donors (Lipinski definition) is 3. The molecular formula is C26H30N2O7. The van der Waals surface area contributed by atoms with E-state index in [-0.39, 0.29) is 31.4 Å². The van der Waals surface area contributed by atoms with Gasteiger partial charge in [-0.25, -0.2) is 9.59 Å². The highest BCUT2D eigenvalue weighted by Crippen LogP contribution is 2.44. The van der Waals surface area contributed by atoms with Crippen molar-refractivity contribution in [2.75, 3.05) is 20.3 Å². The van der Waals surface area contributed by atoms with Gasteiger partial charge in [0.05, 0.1) is 13.5 Å². The smallest absolute Gasteiger partial charge is 0.407 e. The van der Waals surface area contributed by atoms with E-state index in [1.165, 1.54) is 0 Å². The van der Waals surface area contributed by atoms with Crippen LogP contribution >= 0.6 is 0 Å². The van der Waals surface area contributed by atoms with E-state index in [1.807, 2.05) is 43.3 Å². The molecule has 3 N–H and O–H groups in total. The minimum absolute atomic E-state index is 0.00882. The fourth-order valence-corrected chi connectivity index (χ4v) is 4.20. The van der Waals surface area contributed by atoms with Crippen LogP contribution in [0.4, 0.5) is 4.79 Å². The van der Waals surface area contributed by atoms with Gasteiger partial charge in [0.25, 0.3) is 0 Å². The standard InChI is InChI=1S/C26H30N2O7/c1-3-16(12-23(29)28-22(25(31)32)13-24(30)34-2)14-27-26(33)35-15-21-19-10-6-4-8-17(19)18-9-5-7-11-20(18)21/h4-11,16,21-22H,3,12-15H2,1-2H3,(H,27,33)(H,28,29)(H,31,32)/t16?,22-/m0/s1. The lowest BCUT2D eigenvalue weighted by Crippen LogP contribution is -2.43. The number of benzene rings is 2. The summed E-state index contributed by atoms with van der Waals surface area (Å²) in [6.45, 7) is 2.24. The Morgan fingerprint density at radius 2 is 1.57 bits per heavy atom. The lowest BCUT2D eigenvalue weighted by atomic mass is 9.98. The molecule has 2 atom stereocenters. The molecule has 1 aliphatic carbocycles. The summed E-state index contributed by atoms with van der Waals surface area (Å²) in [5.41, 5.74) is 4.51. The first-order chi connectivity index (χ1) is 16.8. The van der Waals surface area contributed by atoms with Crippen LogP contribution in [0, 0.1) is 5.92 Å². The van der Waals surface area contributed by atoms with Crippen LogP contribution in [0.25, 0.3) is 11.1 Å². The van der Waals surface area contributed by atoms with Crippen LogP contribution in [0.5, 0.6) is 0 Å². The van der Waals surface area contributed by atoms with Gasteiger partial charge in [0.15, 0.2) is 0 Å². The molecule has 0 heterocycles. The lowest BCUT2D eigenvalue weighted by Gasteiger charge is -2.19. The van der Waals surface area contributed by atoms with Crippen molar-refractivity contribution in [3.8, 4) is 11.1 Å². The molecule has 1 unspecified atom stereocenters. The number of alkyl carbamates (subject to hydrolysis) is 1. The number of hydrogen-bond acceptors (Lipinski definition) is 6. The number of amides is 2. The van der Waals surface area contributed by atoms with Crippen molar-refractivity contribution in [2.24, 2.45) is 5.92 Å². The normalized spacial score (nSPS) is 13.7. The molecular weight excluding hydrogens is 452 g/mol. The molecule has 9 nitrogen and oxygen atoms in total. The maximum atomic E-state index is 12.4. The number of esters is 1. The molecule has 0 aromatic heterocycles. The molecule has 0 saturated carbocycles. The number of rotatable bonds is 11. The first kappa shape index (κ1) is 25.7. The third kappa shape index (κ3) is 6.59. The van der Waals surface area contributed by atoms with Crippen molar-refractivity contribution in [3.05, 3.63) is 59.7 Å². The summed E-state index contributed by atoms with van der Waals surface area (Å²) in [6, 6.07) is 14.7. The minimum Gasteiger partial charge on any atom is -0.480 e. The molecule has 9 heteroatoms. The zero-order chi connectivity index (χ0) is 25.4. The number of carboxylic acids is 1. The second-order valence-electron chi connectivity index (χ2n) is 8.42. The number of ether oxygens (including phenoxy) is 2. The van der Waals surface area contributed by atoms with Gasteiger partial charge in [0.1, 0.15) is 12.6 Å². The van der Waals surface area contributed by atoms with Crippen LogP contribution in [0.2, 0.25) is 0 Å². The second kappa shape index (κ2) is 12.0. The Kier molecular flexibility index (Phi) is 8.83. The Hall–Kier alpha value is -3.88. The highest BCUT2D eigenvalue weighted by molar-refractivity contribution is 5.87. The zero-order valence-corrected chi connectivity index (χ0v) is 19.8. The first-order valence-electron chi connectivity index (χ1n) is 11.5. The van der Waals surface area contributed by atoms with Gasteiger partial charge in [-0.05, 0) is 28.2 Å². The molecule has 3 rings (SSSR count). The SMILES string of the molecule is CCC(CNC(=O)OCC1c2ccccc2-c2ccccc21)CC(=O)N[C@@H](CC(=O)OC)C(=O)O. The Labute approximate surface area is 203 Å². The van der Waals surface area contributed by atoms with Gasteiger partial charge in [-0.2, -0.15) is 0 Å². The van der Waals surface area contributed by atoms with Crippen molar-refractivity contribution in [1.82, 2.24) is 10.6 Å². The van der Waals surface area contributed by atoms with E-state index in [2.05, 4.69) is 27.5 Å². The summed E-state index contributed by atoms with van der Waals surface area (Å²) in [5.74, 6) is -2.87. The molecule has 35 heavy (non-hydrogen) atoms. The third-order valence-electron chi connectivity index (χ3n) is 6.16. The topological polar surface area (TPSA) is 131 Å². The molecule has 0 radical (unpaired) electrons. The third-order valence-corrected chi connectivity index (χ3v) is 6.16. The number of methoxy groups -OCH3 is 1. The number of carbonyl (C=O) groups is 4. The molecule has 2 amide bonds. The van der Waals surface area contributed by atoms with Gasteiger partial charge in [-0.15, -0.1) is 0 Å². The maximum Gasteiger partial charge on any atom is 0.407 e. The summed E-state index contributed by atoms with van der Waals surface area (Å²) >= 11 is 0. The molecule has 0 bridgehead atoms. The van der Waals surface area contributed by atoms with Crippen LogP contribution in [0.3, 0.4) is 0 Å². The first-order valence-corrected chi connectivity index (χ1v) is 11.5. The van der Waals surface area contributed by atoms with Gasteiger partial charge in [0, 0.05) is 18.9 Å². The zero-order valence-electron chi connectivity index (χ0n) is 19.8. The Morgan fingerprint density at radius 3 is 2.11 bits per heavy atom. The van der Waals surface area contributed by atoms with E-state index in [9.17, 15) is 24.3 Å². The Balaban J connectivity index is 1.49. The molecule has 0 aliphatic heterocycles. The van der Waals surface area contributed by atoms with Gasteiger partial charge in [0.2, 0.25) is 5.91 Å². The minimum atomic E-state index is -1.37. The average Bonchev–Trinajstić information content (AvgIpc) is 3.18. The highest BCUT2D eigenvalue weighted by atomic mass is 16.5. The van der Waals surface area contributed by atoms with Crippen molar-refractivity contribution in [3.63, 3.8) is 0 Å². The van der Waals surface area contributed by atoms with E-state index in [0.717, 1.165) is 29.4 Å². The molecule has 1 aliphatic rings. The summed E-state index contributed by atoms with van der Waals surface area (Å²) in [4.78, 5) is 47.3. The Morgan fingerprint density at radius 1 is 0.971 bits per heavy atom. The lowest BCUT2D eigenvalue weighted by molar-refractivity contribution is -0.148. The quantitative estimate of drug-likeness (QED) is 0.420. The molecule has 0 spiro atoms. The fraction of sp³-hybridized carbons (Fsp3) is 0.385. The molecule has 186 valence electrons. The van der Waals surface area contributed by atoms with E-state index in [4.69, 9.17) is 4.74 Å². The number of nitrogens with one attached hydrogen (secondary N) is 2. The van der Waals surface area contributed by atoms with Crippen LogP contribution in [-0.2, 0) is 23.9 Å². The highest BCUT2D eigenvalue weighted by Gasteiger charge is 2.29. The summed E-state index contributed by atoms with van der Waals surface area (Å²) in [6.07, 6.45) is -0.483. The Bertz CT molecular complexity index is 1040.